The molecule has 1 N–H and O–H groups in total. The Labute approximate surface area is 112 Å². The van der Waals surface area contributed by atoms with Crippen LogP contribution < -0.4 is 0 Å². The summed E-state index contributed by atoms with van der Waals surface area (Å²) >= 11 is 0. The lowest BCUT2D eigenvalue weighted by atomic mass is 9.97. The molecule has 1 aromatic carbocycles. The molecule has 0 amide bonds. The van der Waals surface area contributed by atoms with Crippen LogP contribution in [0.25, 0.3) is 0 Å². The highest BCUT2D eigenvalue weighted by Crippen LogP contribution is 2.23. The molecular formula is C15H18O4. The molecular weight excluding hydrogens is 244 g/mol. The molecule has 4 nitrogen and oxygen atoms in total. The van der Waals surface area contributed by atoms with Gasteiger partial charge in [-0.05, 0) is 44.2 Å². The molecule has 0 unspecified atom stereocenters. The third-order valence-corrected chi connectivity index (χ3v) is 3.53. The molecule has 0 heterocycles. The van der Waals surface area contributed by atoms with Crippen LogP contribution in [0.5, 0.6) is 0 Å². The minimum atomic E-state index is -1.09. The number of carboxylic acids is 1. The summed E-state index contributed by atoms with van der Waals surface area (Å²) in [6, 6.07) is 4.88. The number of carbonyl (C=O) groups is 2. The lowest BCUT2D eigenvalue weighted by molar-refractivity contribution is 0.0206. The van der Waals surface area contributed by atoms with Crippen molar-refractivity contribution in [2.45, 2.75) is 45.1 Å². The first-order valence-electron chi connectivity index (χ1n) is 6.63. The maximum atomic E-state index is 12.1. The second-order valence-electron chi connectivity index (χ2n) is 4.97. The second kappa shape index (κ2) is 5.87. The Morgan fingerprint density at radius 1 is 1.21 bits per heavy atom. The van der Waals surface area contributed by atoms with Gasteiger partial charge in [0, 0.05) is 0 Å². The van der Waals surface area contributed by atoms with Crippen LogP contribution in [0.4, 0.5) is 0 Å². The molecule has 0 radical (unpaired) electrons. The molecule has 1 aliphatic rings. The Bertz CT molecular complexity index is 487. The minimum absolute atomic E-state index is 0.0447. The third-order valence-electron chi connectivity index (χ3n) is 3.53. The van der Waals surface area contributed by atoms with E-state index < -0.39 is 11.9 Å². The van der Waals surface area contributed by atoms with E-state index in [1.165, 1.54) is 12.5 Å². The summed E-state index contributed by atoms with van der Waals surface area (Å²) in [4.78, 5) is 23.3. The SMILES string of the molecule is Cc1cccc(C(=O)OC2CCCCC2)c1C(=O)O. The van der Waals surface area contributed by atoms with Crippen molar-refractivity contribution in [2.24, 2.45) is 0 Å². The zero-order chi connectivity index (χ0) is 13.8. The minimum Gasteiger partial charge on any atom is -0.478 e. The van der Waals surface area contributed by atoms with Crippen LogP contribution in [0.15, 0.2) is 18.2 Å². The van der Waals surface area contributed by atoms with Crippen molar-refractivity contribution in [3.63, 3.8) is 0 Å². The summed E-state index contributed by atoms with van der Waals surface area (Å²) < 4.78 is 5.42. The summed E-state index contributed by atoms with van der Waals surface area (Å²) in [6.45, 7) is 1.68. The average molecular weight is 262 g/mol. The van der Waals surface area contributed by atoms with Crippen molar-refractivity contribution in [1.29, 1.82) is 0 Å². The van der Waals surface area contributed by atoms with E-state index in [1.807, 2.05) is 0 Å². The highest BCUT2D eigenvalue weighted by Gasteiger charge is 2.23. The lowest BCUT2D eigenvalue weighted by Gasteiger charge is -2.22. The highest BCUT2D eigenvalue weighted by atomic mass is 16.5. The van der Waals surface area contributed by atoms with E-state index >= 15 is 0 Å². The standard InChI is InChI=1S/C15H18O4/c1-10-6-5-9-12(13(10)14(16)17)15(18)19-11-7-3-2-4-8-11/h5-6,9,11H,2-4,7-8H2,1H3,(H,16,17). The van der Waals surface area contributed by atoms with E-state index in [0.717, 1.165) is 25.7 Å². The molecule has 102 valence electrons. The number of rotatable bonds is 3. The first kappa shape index (κ1) is 13.6. The van der Waals surface area contributed by atoms with Crippen molar-refractivity contribution in [1.82, 2.24) is 0 Å². The second-order valence-corrected chi connectivity index (χ2v) is 4.97. The molecule has 0 saturated heterocycles. The van der Waals surface area contributed by atoms with E-state index in [-0.39, 0.29) is 17.2 Å². The van der Waals surface area contributed by atoms with Gasteiger partial charge >= 0.3 is 11.9 Å². The number of hydrogen-bond donors (Lipinski definition) is 1. The Morgan fingerprint density at radius 3 is 2.53 bits per heavy atom. The van der Waals surface area contributed by atoms with Gasteiger partial charge in [0.1, 0.15) is 6.10 Å². The molecule has 1 aromatic rings. The Balaban J connectivity index is 2.18. The third kappa shape index (κ3) is 3.13. The smallest absolute Gasteiger partial charge is 0.339 e. The Kier molecular flexibility index (Phi) is 4.20. The number of aryl methyl sites for hydroxylation is 1. The van der Waals surface area contributed by atoms with Gasteiger partial charge in [-0.1, -0.05) is 18.6 Å². The molecule has 0 aliphatic heterocycles. The summed E-state index contributed by atoms with van der Waals surface area (Å²) in [5.41, 5.74) is 0.770. The van der Waals surface area contributed by atoms with Crippen LogP contribution in [-0.4, -0.2) is 23.1 Å². The normalized spacial score (nSPS) is 16.1. The molecule has 1 saturated carbocycles. The molecule has 1 aliphatic carbocycles. The highest BCUT2D eigenvalue weighted by molar-refractivity contribution is 6.03. The molecule has 0 spiro atoms. The van der Waals surface area contributed by atoms with Gasteiger partial charge in [0.05, 0.1) is 11.1 Å². The van der Waals surface area contributed by atoms with E-state index in [1.54, 1.807) is 19.1 Å². The van der Waals surface area contributed by atoms with Gasteiger partial charge < -0.3 is 9.84 Å². The quantitative estimate of drug-likeness (QED) is 0.850. The molecule has 0 aromatic heterocycles. The van der Waals surface area contributed by atoms with Gasteiger partial charge in [-0.15, -0.1) is 0 Å². The van der Waals surface area contributed by atoms with Gasteiger partial charge in [-0.3, -0.25) is 0 Å². The summed E-state index contributed by atoms with van der Waals surface area (Å²) in [5, 5.41) is 9.19. The number of aromatic carboxylic acids is 1. The monoisotopic (exact) mass is 262 g/mol. The largest absolute Gasteiger partial charge is 0.478 e. The van der Waals surface area contributed by atoms with Gasteiger partial charge in [0.15, 0.2) is 0 Å². The van der Waals surface area contributed by atoms with Crippen molar-refractivity contribution in [2.75, 3.05) is 0 Å². The lowest BCUT2D eigenvalue weighted by Crippen LogP contribution is -2.22. The fourth-order valence-electron chi connectivity index (χ4n) is 2.52. The first-order valence-corrected chi connectivity index (χ1v) is 6.63. The van der Waals surface area contributed by atoms with Crippen LogP contribution in [0, 0.1) is 6.92 Å². The van der Waals surface area contributed by atoms with Crippen LogP contribution in [0.3, 0.4) is 0 Å². The molecule has 4 heteroatoms. The predicted molar refractivity (Wildman–Crippen MR) is 70.4 cm³/mol. The molecule has 19 heavy (non-hydrogen) atoms. The van der Waals surface area contributed by atoms with Crippen LogP contribution in [-0.2, 0) is 4.74 Å². The van der Waals surface area contributed by atoms with Crippen LogP contribution in [0.1, 0.15) is 58.4 Å². The van der Waals surface area contributed by atoms with Gasteiger partial charge in [0.25, 0.3) is 0 Å². The van der Waals surface area contributed by atoms with Crippen LogP contribution >= 0.6 is 0 Å². The predicted octanol–water partition coefficient (Wildman–Crippen LogP) is 3.18. The fourth-order valence-corrected chi connectivity index (χ4v) is 2.52. The number of esters is 1. The molecule has 1 fully saturated rings. The number of hydrogen-bond acceptors (Lipinski definition) is 3. The first-order chi connectivity index (χ1) is 9.09. The molecule has 0 atom stereocenters. The zero-order valence-corrected chi connectivity index (χ0v) is 11.0. The number of carboxylic acid groups (broad SMARTS) is 1. The molecule has 2 rings (SSSR count). The maximum absolute atomic E-state index is 12.1. The van der Waals surface area contributed by atoms with Crippen molar-refractivity contribution < 1.29 is 19.4 Å². The van der Waals surface area contributed by atoms with Gasteiger partial charge in [0.2, 0.25) is 0 Å². The van der Waals surface area contributed by atoms with Gasteiger partial charge in [-0.2, -0.15) is 0 Å². The van der Waals surface area contributed by atoms with Crippen LogP contribution in [0.2, 0.25) is 0 Å². The Hall–Kier alpha value is -1.84. The average Bonchev–Trinajstić information content (AvgIpc) is 2.39. The topological polar surface area (TPSA) is 63.6 Å². The van der Waals surface area contributed by atoms with E-state index in [4.69, 9.17) is 4.74 Å². The number of ether oxygens (including phenoxy) is 1. The van der Waals surface area contributed by atoms with Crippen molar-refractivity contribution in [3.8, 4) is 0 Å². The van der Waals surface area contributed by atoms with E-state index in [9.17, 15) is 14.7 Å². The van der Waals surface area contributed by atoms with E-state index in [2.05, 4.69) is 0 Å². The summed E-state index contributed by atoms with van der Waals surface area (Å²) in [6.07, 6.45) is 5.00. The fraction of sp³-hybridized carbons (Fsp3) is 0.467. The number of carbonyl (C=O) groups excluding carboxylic acids is 1. The van der Waals surface area contributed by atoms with Crippen molar-refractivity contribution in [3.05, 3.63) is 34.9 Å². The van der Waals surface area contributed by atoms with Gasteiger partial charge in [-0.25, -0.2) is 9.59 Å². The molecule has 0 bridgehead atoms. The number of benzene rings is 1. The Morgan fingerprint density at radius 2 is 1.89 bits per heavy atom. The maximum Gasteiger partial charge on any atom is 0.339 e. The van der Waals surface area contributed by atoms with Crippen molar-refractivity contribution >= 4 is 11.9 Å². The summed E-state index contributed by atoms with van der Waals surface area (Å²) in [5.74, 6) is -1.61. The summed E-state index contributed by atoms with van der Waals surface area (Å²) in [7, 11) is 0. The zero-order valence-electron chi connectivity index (χ0n) is 11.0. The van der Waals surface area contributed by atoms with E-state index in [0.29, 0.717) is 5.56 Å².